The highest BCUT2D eigenvalue weighted by Gasteiger charge is 2.43. The first-order valence-corrected chi connectivity index (χ1v) is 8.36. The Morgan fingerprint density at radius 2 is 1.83 bits per heavy atom. The number of primary amides is 1. The Hall–Kier alpha value is -1.87. The van der Waals surface area contributed by atoms with Gasteiger partial charge in [-0.15, -0.1) is 0 Å². The van der Waals surface area contributed by atoms with Crippen LogP contribution in [0.25, 0.3) is 10.8 Å². The number of benzene rings is 2. The second-order valence-electron chi connectivity index (χ2n) is 6.72. The van der Waals surface area contributed by atoms with Crippen LogP contribution in [-0.4, -0.2) is 31.4 Å². The lowest BCUT2D eigenvalue weighted by atomic mass is 9.66. The maximum Gasteiger partial charge on any atom is 0.228 e. The van der Waals surface area contributed by atoms with Crippen LogP contribution in [0.5, 0.6) is 0 Å². The van der Waals surface area contributed by atoms with Crippen molar-refractivity contribution in [3.63, 3.8) is 0 Å². The lowest BCUT2D eigenvalue weighted by Crippen LogP contribution is -2.48. The van der Waals surface area contributed by atoms with Crippen LogP contribution in [0.4, 0.5) is 0 Å². The largest absolute Gasteiger partial charge is 0.369 e. The molecule has 0 spiro atoms. The van der Waals surface area contributed by atoms with Gasteiger partial charge in [0.1, 0.15) is 0 Å². The molecule has 3 nitrogen and oxygen atoms in total. The number of nitrogens with two attached hydrogens (primary N) is 1. The van der Waals surface area contributed by atoms with E-state index in [1.54, 1.807) is 0 Å². The molecule has 2 rings (SSSR count). The molecule has 0 aliphatic carbocycles. The third-order valence-corrected chi connectivity index (χ3v) is 5.12. The Kier molecular flexibility index (Phi) is 5.42. The molecule has 2 atom stereocenters. The second kappa shape index (κ2) is 7.14. The standard InChI is InChI=1S/C20H28N2O/c1-5-15(2)20(19(21)23,13-14-22(3)4)18-12-8-10-16-9-6-7-11-17(16)18/h6-12,15H,5,13-14H2,1-4H3,(H2,21,23)/t15-,20+/m1/s1. The van der Waals surface area contributed by atoms with E-state index in [2.05, 4.69) is 43.0 Å². The van der Waals surface area contributed by atoms with Crippen molar-refractivity contribution in [1.82, 2.24) is 4.90 Å². The zero-order chi connectivity index (χ0) is 17.0. The van der Waals surface area contributed by atoms with Gasteiger partial charge in [-0.1, -0.05) is 62.7 Å². The van der Waals surface area contributed by atoms with Crippen LogP contribution in [0.2, 0.25) is 0 Å². The first kappa shape index (κ1) is 17.5. The van der Waals surface area contributed by atoms with Gasteiger partial charge in [0, 0.05) is 0 Å². The van der Waals surface area contributed by atoms with Gasteiger partial charge in [-0.25, -0.2) is 0 Å². The molecule has 0 saturated carbocycles. The van der Waals surface area contributed by atoms with Crippen LogP contribution < -0.4 is 5.73 Å². The molecule has 0 aromatic heterocycles. The summed E-state index contributed by atoms with van der Waals surface area (Å²) in [4.78, 5) is 14.8. The number of nitrogens with zero attached hydrogens (tertiary/aromatic N) is 1. The molecular weight excluding hydrogens is 284 g/mol. The molecule has 2 aromatic carbocycles. The minimum Gasteiger partial charge on any atom is -0.369 e. The van der Waals surface area contributed by atoms with Crippen molar-refractivity contribution in [2.75, 3.05) is 20.6 Å². The fourth-order valence-corrected chi connectivity index (χ4v) is 3.51. The summed E-state index contributed by atoms with van der Waals surface area (Å²) in [5.41, 5.74) is 6.43. The van der Waals surface area contributed by atoms with Crippen molar-refractivity contribution in [3.05, 3.63) is 48.0 Å². The molecule has 0 saturated heterocycles. The zero-order valence-corrected chi connectivity index (χ0v) is 14.7. The fourth-order valence-electron chi connectivity index (χ4n) is 3.51. The topological polar surface area (TPSA) is 46.3 Å². The normalized spacial score (nSPS) is 15.5. The zero-order valence-electron chi connectivity index (χ0n) is 14.7. The fraction of sp³-hybridized carbons (Fsp3) is 0.450. The maximum absolute atomic E-state index is 12.7. The van der Waals surface area contributed by atoms with Gasteiger partial charge >= 0.3 is 0 Å². The summed E-state index contributed by atoms with van der Waals surface area (Å²) >= 11 is 0. The van der Waals surface area contributed by atoms with Crippen molar-refractivity contribution in [2.45, 2.75) is 32.1 Å². The van der Waals surface area contributed by atoms with E-state index in [-0.39, 0.29) is 11.8 Å². The van der Waals surface area contributed by atoms with E-state index in [0.29, 0.717) is 0 Å². The molecule has 3 heteroatoms. The monoisotopic (exact) mass is 312 g/mol. The first-order chi connectivity index (χ1) is 10.9. The van der Waals surface area contributed by atoms with Crippen molar-refractivity contribution < 1.29 is 4.79 Å². The predicted molar refractivity (Wildman–Crippen MR) is 97.4 cm³/mol. The number of hydrogen-bond acceptors (Lipinski definition) is 2. The molecular formula is C20H28N2O. The summed E-state index contributed by atoms with van der Waals surface area (Å²) in [6.07, 6.45) is 1.65. The van der Waals surface area contributed by atoms with Gasteiger partial charge in [0.15, 0.2) is 0 Å². The quantitative estimate of drug-likeness (QED) is 0.849. The van der Waals surface area contributed by atoms with Gasteiger partial charge < -0.3 is 10.6 Å². The van der Waals surface area contributed by atoms with Crippen LogP contribution in [-0.2, 0) is 10.2 Å². The second-order valence-corrected chi connectivity index (χ2v) is 6.72. The Morgan fingerprint density at radius 3 is 2.43 bits per heavy atom. The molecule has 0 aliphatic rings. The van der Waals surface area contributed by atoms with E-state index in [4.69, 9.17) is 5.73 Å². The molecule has 2 aromatic rings. The van der Waals surface area contributed by atoms with Crippen molar-refractivity contribution in [1.29, 1.82) is 0 Å². The number of carbonyl (C=O) groups is 1. The van der Waals surface area contributed by atoms with Crippen LogP contribution in [0.3, 0.4) is 0 Å². The summed E-state index contributed by atoms with van der Waals surface area (Å²) in [5, 5.41) is 2.29. The van der Waals surface area contributed by atoms with Gasteiger partial charge in [0.2, 0.25) is 5.91 Å². The number of rotatable bonds is 7. The lowest BCUT2D eigenvalue weighted by molar-refractivity contribution is -0.125. The Balaban J connectivity index is 2.70. The third kappa shape index (κ3) is 3.25. The molecule has 0 bridgehead atoms. The average Bonchev–Trinajstić information content (AvgIpc) is 2.54. The van der Waals surface area contributed by atoms with Crippen LogP contribution in [0.15, 0.2) is 42.5 Å². The van der Waals surface area contributed by atoms with Gasteiger partial charge in [0.25, 0.3) is 0 Å². The molecule has 2 N–H and O–H groups in total. The van der Waals surface area contributed by atoms with Crippen molar-refractivity contribution in [3.8, 4) is 0 Å². The highest BCUT2D eigenvalue weighted by atomic mass is 16.1. The van der Waals surface area contributed by atoms with E-state index in [1.165, 1.54) is 0 Å². The summed E-state index contributed by atoms with van der Waals surface area (Å²) < 4.78 is 0. The van der Waals surface area contributed by atoms with E-state index in [9.17, 15) is 4.79 Å². The van der Waals surface area contributed by atoms with E-state index in [1.807, 2.05) is 32.3 Å². The summed E-state index contributed by atoms with van der Waals surface area (Å²) in [5.74, 6) is -0.0317. The number of carbonyl (C=O) groups excluding carboxylic acids is 1. The van der Waals surface area contributed by atoms with E-state index < -0.39 is 5.41 Å². The molecule has 0 radical (unpaired) electrons. The van der Waals surface area contributed by atoms with Gasteiger partial charge in [-0.3, -0.25) is 4.79 Å². The van der Waals surface area contributed by atoms with E-state index in [0.717, 1.165) is 35.7 Å². The molecule has 0 fully saturated rings. The lowest BCUT2D eigenvalue weighted by Gasteiger charge is -2.38. The maximum atomic E-state index is 12.7. The highest BCUT2D eigenvalue weighted by molar-refractivity contribution is 5.95. The van der Waals surface area contributed by atoms with Gasteiger partial charge in [-0.2, -0.15) is 0 Å². The summed E-state index contributed by atoms with van der Waals surface area (Å²) in [6.45, 7) is 5.10. The number of amides is 1. The molecule has 23 heavy (non-hydrogen) atoms. The van der Waals surface area contributed by atoms with Crippen LogP contribution in [0, 0.1) is 5.92 Å². The van der Waals surface area contributed by atoms with Crippen molar-refractivity contribution >= 4 is 16.7 Å². The summed E-state index contributed by atoms with van der Waals surface area (Å²) in [7, 11) is 4.07. The highest BCUT2D eigenvalue weighted by Crippen LogP contribution is 2.41. The Morgan fingerprint density at radius 1 is 1.17 bits per heavy atom. The predicted octanol–water partition coefficient (Wildman–Crippen LogP) is 3.56. The number of hydrogen-bond donors (Lipinski definition) is 1. The molecule has 0 aliphatic heterocycles. The SMILES string of the molecule is CC[C@@H](C)[C@](CCN(C)C)(C(N)=O)c1cccc2ccccc12. The molecule has 1 amide bonds. The molecule has 0 heterocycles. The average molecular weight is 312 g/mol. The Bertz CT molecular complexity index is 675. The van der Waals surface area contributed by atoms with Crippen LogP contribution >= 0.6 is 0 Å². The minimum absolute atomic E-state index is 0.186. The first-order valence-electron chi connectivity index (χ1n) is 8.36. The van der Waals surface area contributed by atoms with Gasteiger partial charge in [0.05, 0.1) is 5.41 Å². The summed E-state index contributed by atoms with van der Waals surface area (Å²) in [6, 6.07) is 14.4. The van der Waals surface area contributed by atoms with E-state index >= 15 is 0 Å². The minimum atomic E-state index is -0.639. The number of fused-ring (bicyclic) bond motifs is 1. The third-order valence-electron chi connectivity index (χ3n) is 5.12. The van der Waals surface area contributed by atoms with Gasteiger partial charge in [-0.05, 0) is 49.3 Å². The smallest absolute Gasteiger partial charge is 0.228 e. The van der Waals surface area contributed by atoms with Crippen molar-refractivity contribution in [2.24, 2.45) is 11.7 Å². The molecule has 0 unspecified atom stereocenters. The Labute approximate surface area is 139 Å². The molecule has 124 valence electrons. The van der Waals surface area contributed by atoms with Crippen LogP contribution in [0.1, 0.15) is 32.3 Å².